The zero-order chi connectivity index (χ0) is 14.5. The summed E-state index contributed by atoms with van der Waals surface area (Å²) in [6.45, 7) is 0. The number of methoxy groups -OCH3 is 1. The van der Waals surface area contributed by atoms with Gasteiger partial charge in [0, 0.05) is 5.75 Å². The number of hydrogen-bond acceptors (Lipinski definition) is 5. The van der Waals surface area contributed by atoms with Crippen molar-refractivity contribution in [1.82, 2.24) is 4.72 Å². The highest BCUT2D eigenvalue weighted by Gasteiger charge is 2.24. The number of hydrogen-bond donors (Lipinski definition) is 2. The molecule has 0 aliphatic rings. The molecule has 19 heavy (non-hydrogen) atoms. The van der Waals surface area contributed by atoms with E-state index < -0.39 is 22.0 Å². The third-order valence-electron chi connectivity index (χ3n) is 2.30. The maximum Gasteiger partial charge on any atom is 0.322 e. The van der Waals surface area contributed by atoms with Crippen molar-refractivity contribution in [1.29, 1.82) is 0 Å². The van der Waals surface area contributed by atoms with Crippen molar-refractivity contribution in [2.75, 3.05) is 19.1 Å². The molecule has 0 saturated carbocycles. The van der Waals surface area contributed by atoms with Crippen molar-refractivity contribution < 1.29 is 23.1 Å². The molecular weight excluding hydrogens is 290 g/mol. The highest BCUT2D eigenvalue weighted by molar-refractivity contribution is 7.98. The number of carboxylic acids is 1. The second kappa shape index (κ2) is 6.78. The lowest BCUT2D eigenvalue weighted by molar-refractivity contribution is -0.138. The fraction of sp³-hybridized carbons (Fsp3) is 0.364. The van der Waals surface area contributed by atoms with Gasteiger partial charge in [0.25, 0.3) is 0 Å². The van der Waals surface area contributed by atoms with Gasteiger partial charge in [-0.3, -0.25) is 4.79 Å². The average Bonchev–Trinajstić information content (AvgIpc) is 2.38. The van der Waals surface area contributed by atoms with Crippen molar-refractivity contribution >= 4 is 27.8 Å². The summed E-state index contributed by atoms with van der Waals surface area (Å²) in [6.07, 6.45) is 1.71. The second-order valence-electron chi connectivity index (χ2n) is 3.64. The van der Waals surface area contributed by atoms with Crippen LogP contribution < -0.4 is 9.46 Å². The Morgan fingerprint density at radius 3 is 2.42 bits per heavy atom. The van der Waals surface area contributed by atoms with Crippen LogP contribution in [-0.4, -0.2) is 44.7 Å². The zero-order valence-electron chi connectivity index (χ0n) is 10.5. The van der Waals surface area contributed by atoms with E-state index in [1.165, 1.54) is 43.1 Å². The largest absolute Gasteiger partial charge is 0.497 e. The van der Waals surface area contributed by atoms with E-state index in [9.17, 15) is 13.2 Å². The van der Waals surface area contributed by atoms with Crippen LogP contribution in [0.15, 0.2) is 29.2 Å². The van der Waals surface area contributed by atoms with Gasteiger partial charge in [0.15, 0.2) is 0 Å². The van der Waals surface area contributed by atoms with Crippen LogP contribution >= 0.6 is 11.8 Å². The van der Waals surface area contributed by atoms with Gasteiger partial charge in [-0.1, -0.05) is 0 Å². The van der Waals surface area contributed by atoms with Crippen molar-refractivity contribution in [2.45, 2.75) is 10.9 Å². The Morgan fingerprint density at radius 2 is 2.00 bits per heavy atom. The molecule has 1 rings (SSSR count). The van der Waals surface area contributed by atoms with Gasteiger partial charge in [-0.25, -0.2) is 8.42 Å². The summed E-state index contributed by atoms with van der Waals surface area (Å²) >= 11 is 1.25. The van der Waals surface area contributed by atoms with Crippen molar-refractivity contribution in [2.24, 2.45) is 0 Å². The fourth-order valence-corrected chi connectivity index (χ4v) is 3.19. The van der Waals surface area contributed by atoms with E-state index in [1.807, 2.05) is 0 Å². The lowest BCUT2D eigenvalue weighted by atomic mass is 10.3. The van der Waals surface area contributed by atoms with Crippen LogP contribution in [0.2, 0.25) is 0 Å². The van der Waals surface area contributed by atoms with Gasteiger partial charge < -0.3 is 9.84 Å². The summed E-state index contributed by atoms with van der Waals surface area (Å²) in [6, 6.07) is 4.57. The van der Waals surface area contributed by atoms with Gasteiger partial charge in [-0.15, -0.1) is 0 Å². The second-order valence-corrected chi connectivity index (χ2v) is 6.27. The quantitative estimate of drug-likeness (QED) is 0.773. The summed E-state index contributed by atoms with van der Waals surface area (Å²) in [7, 11) is -2.38. The van der Waals surface area contributed by atoms with E-state index in [0.29, 0.717) is 5.75 Å². The van der Waals surface area contributed by atoms with Crippen LogP contribution in [-0.2, 0) is 14.8 Å². The lowest BCUT2D eigenvalue weighted by Crippen LogP contribution is -2.42. The molecule has 0 saturated heterocycles. The fourth-order valence-electron chi connectivity index (χ4n) is 1.33. The Balaban J connectivity index is 2.92. The van der Waals surface area contributed by atoms with Crippen LogP contribution in [0.1, 0.15) is 0 Å². The summed E-state index contributed by atoms with van der Waals surface area (Å²) in [4.78, 5) is 10.9. The molecule has 0 aliphatic carbocycles. The number of rotatable bonds is 7. The van der Waals surface area contributed by atoms with Crippen molar-refractivity contribution in [3.63, 3.8) is 0 Å². The molecule has 0 aromatic heterocycles. The zero-order valence-corrected chi connectivity index (χ0v) is 12.1. The lowest BCUT2D eigenvalue weighted by Gasteiger charge is -2.13. The normalized spacial score (nSPS) is 12.9. The predicted octanol–water partition coefficient (Wildman–Crippen LogP) is 0.790. The Morgan fingerprint density at radius 1 is 1.42 bits per heavy atom. The smallest absolute Gasteiger partial charge is 0.322 e. The molecule has 106 valence electrons. The monoisotopic (exact) mass is 305 g/mol. The van der Waals surface area contributed by atoms with Crippen LogP contribution in [0.4, 0.5) is 0 Å². The molecule has 0 aliphatic heterocycles. The van der Waals surface area contributed by atoms with E-state index in [-0.39, 0.29) is 10.6 Å². The SMILES string of the molecule is COc1ccc(S(=O)(=O)NC(CSC)C(=O)O)cc1. The summed E-state index contributed by atoms with van der Waals surface area (Å²) in [5, 5.41) is 8.94. The van der Waals surface area contributed by atoms with Crippen LogP contribution in [0.25, 0.3) is 0 Å². The molecule has 0 amide bonds. The van der Waals surface area contributed by atoms with Gasteiger partial charge >= 0.3 is 5.97 Å². The van der Waals surface area contributed by atoms with Crippen LogP contribution in [0.5, 0.6) is 5.75 Å². The molecule has 1 aromatic carbocycles. The van der Waals surface area contributed by atoms with Crippen molar-refractivity contribution in [3.05, 3.63) is 24.3 Å². The first-order valence-electron chi connectivity index (χ1n) is 5.29. The minimum Gasteiger partial charge on any atom is -0.497 e. The number of ether oxygens (including phenoxy) is 1. The maximum atomic E-state index is 12.0. The molecular formula is C11H15NO5S2. The molecule has 0 bridgehead atoms. The Kier molecular flexibility index (Phi) is 5.64. The number of aliphatic carboxylic acids is 1. The van der Waals surface area contributed by atoms with Gasteiger partial charge in [-0.2, -0.15) is 16.5 Å². The number of thioether (sulfide) groups is 1. The first kappa shape index (κ1) is 15.8. The predicted molar refractivity (Wildman–Crippen MR) is 73.1 cm³/mol. The number of sulfonamides is 1. The number of benzene rings is 1. The molecule has 0 radical (unpaired) electrons. The maximum absolute atomic E-state index is 12.0. The third-order valence-corrected chi connectivity index (χ3v) is 4.45. The van der Waals surface area contributed by atoms with Gasteiger partial charge in [0.05, 0.1) is 12.0 Å². The van der Waals surface area contributed by atoms with E-state index >= 15 is 0 Å². The molecule has 1 unspecified atom stereocenters. The standard InChI is InChI=1S/C11H15NO5S2/c1-17-8-3-5-9(6-4-8)19(15,16)12-10(7-18-2)11(13)14/h3-6,10,12H,7H2,1-2H3,(H,13,14). The summed E-state index contributed by atoms with van der Waals surface area (Å²) < 4.78 is 31.1. The van der Waals surface area contributed by atoms with E-state index in [4.69, 9.17) is 9.84 Å². The first-order chi connectivity index (χ1) is 8.90. The Hall–Kier alpha value is -1.25. The Labute approximate surface area is 116 Å². The average molecular weight is 305 g/mol. The molecule has 6 nitrogen and oxygen atoms in total. The van der Waals surface area contributed by atoms with Crippen LogP contribution in [0.3, 0.4) is 0 Å². The Bertz CT molecular complexity index is 527. The highest BCUT2D eigenvalue weighted by Crippen LogP contribution is 2.16. The molecule has 0 spiro atoms. The summed E-state index contributed by atoms with van der Waals surface area (Å²) in [5.74, 6) is -0.519. The minimum atomic E-state index is -3.85. The summed E-state index contributed by atoms with van der Waals surface area (Å²) in [5.41, 5.74) is 0. The van der Waals surface area contributed by atoms with Crippen molar-refractivity contribution in [3.8, 4) is 5.75 Å². The van der Waals surface area contributed by atoms with Gasteiger partial charge in [0.1, 0.15) is 11.8 Å². The third kappa shape index (κ3) is 4.41. The van der Waals surface area contributed by atoms with E-state index in [2.05, 4.69) is 4.72 Å². The molecule has 1 atom stereocenters. The van der Waals surface area contributed by atoms with Crippen LogP contribution in [0, 0.1) is 0 Å². The highest BCUT2D eigenvalue weighted by atomic mass is 32.2. The number of carbonyl (C=O) groups is 1. The van der Waals surface area contributed by atoms with Gasteiger partial charge in [-0.05, 0) is 30.5 Å². The number of nitrogens with one attached hydrogen (secondary N) is 1. The topological polar surface area (TPSA) is 92.7 Å². The molecule has 0 fully saturated rings. The number of carboxylic acid groups (broad SMARTS) is 1. The molecule has 2 N–H and O–H groups in total. The van der Waals surface area contributed by atoms with E-state index in [1.54, 1.807) is 6.26 Å². The van der Waals surface area contributed by atoms with Gasteiger partial charge in [0.2, 0.25) is 10.0 Å². The van der Waals surface area contributed by atoms with E-state index in [0.717, 1.165) is 0 Å². The molecule has 0 heterocycles. The molecule has 8 heteroatoms. The minimum absolute atomic E-state index is 0.000605. The first-order valence-corrected chi connectivity index (χ1v) is 8.16. The molecule has 1 aromatic rings.